The molecule has 0 amide bonds. The van der Waals surface area contributed by atoms with Gasteiger partial charge in [-0.3, -0.25) is 0 Å². The van der Waals surface area contributed by atoms with Crippen LogP contribution in [0.5, 0.6) is 0 Å². The van der Waals surface area contributed by atoms with Crippen LogP contribution in [0.2, 0.25) is 0 Å². The normalized spacial score (nSPS) is 18.8. The second-order valence-corrected chi connectivity index (χ2v) is 8.79. The molecule has 1 aliphatic heterocycles. The van der Waals surface area contributed by atoms with Crippen LogP contribution >= 0.6 is 0 Å². The Labute approximate surface area is 124 Å². The van der Waals surface area contributed by atoms with Gasteiger partial charge in [-0.25, -0.2) is 16.8 Å². The van der Waals surface area contributed by atoms with Crippen molar-refractivity contribution in [2.45, 2.75) is 11.5 Å². The molecule has 2 rings (SSSR count). The number of sulfonamides is 2. The first-order valence-electron chi connectivity index (χ1n) is 6.40. The molecule has 0 aliphatic carbocycles. The zero-order valence-corrected chi connectivity index (χ0v) is 13.3. The van der Waals surface area contributed by atoms with Crippen molar-refractivity contribution in [3.8, 4) is 0 Å². The molecule has 0 spiro atoms. The molecular formula is C12H18N2O5S2. The van der Waals surface area contributed by atoms with E-state index in [-0.39, 0.29) is 37.7 Å². The highest BCUT2D eigenvalue weighted by Crippen LogP contribution is 2.19. The molecule has 1 fully saturated rings. The maximum Gasteiger partial charge on any atom is 0.243 e. The molecule has 1 aromatic rings. The first-order chi connectivity index (χ1) is 9.75. The van der Waals surface area contributed by atoms with E-state index in [9.17, 15) is 16.8 Å². The highest BCUT2D eigenvalue weighted by molar-refractivity contribution is 7.89. The summed E-state index contributed by atoms with van der Waals surface area (Å²) in [5.74, 6) is 0. The van der Waals surface area contributed by atoms with Gasteiger partial charge in [-0.1, -0.05) is 12.1 Å². The van der Waals surface area contributed by atoms with Crippen molar-refractivity contribution in [3.05, 3.63) is 29.8 Å². The standard InChI is InChI=1S/C12H18N2O5S2/c1-20(16,17)13-6-8-14(9-7-13)21(18,19)12-4-2-11(10-15)3-5-12/h2-5,15H,6-10H2,1H3. The monoisotopic (exact) mass is 334 g/mol. The van der Waals surface area contributed by atoms with Gasteiger partial charge in [-0.2, -0.15) is 8.61 Å². The maximum absolute atomic E-state index is 12.4. The number of benzene rings is 1. The molecule has 1 aliphatic rings. The van der Waals surface area contributed by atoms with E-state index in [0.717, 1.165) is 6.26 Å². The van der Waals surface area contributed by atoms with Crippen LogP contribution < -0.4 is 0 Å². The van der Waals surface area contributed by atoms with Gasteiger partial charge in [0.1, 0.15) is 0 Å². The van der Waals surface area contributed by atoms with E-state index in [1.807, 2.05) is 0 Å². The van der Waals surface area contributed by atoms with Crippen LogP contribution in [0.3, 0.4) is 0 Å². The molecule has 118 valence electrons. The number of aliphatic hydroxyl groups excluding tert-OH is 1. The molecule has 0 unspecified atom stereocenters. The number of aliphatic hydroxyl groups is 1. The Morgan fingerprint density at radius 3 is 1.86 bits per heavy atom. The summed E-state index contributed by atoms with van der Waals surface area (Å²) in [6, 6.07) is 6.01. The fraction of sp³-hybridized carbons (Fsp3) is 0.500. The third kappa shape index (κ3) is 3.61. The first-order valence-corrected chi connectivity index (χ1v) is 9.69. The topological polar surface area (TPSA) is 95.0 Å². The van der Waals surface area contributed by atoms with Crippen LogP contribution in [-0.4, -0.2) is 63.0 Å². The highest BCUT2D eigenvalue weighted by atomic mass is 32.2. The number of rotatable bonds is 4. The number of hydrogen-bond donors (Lipinski definition) is 1. The fourth-order valence-electron chi connectivity index (χ4n) is 2.16. The third-order valence-corrected chi connectivity index (χ3v) is 6.63. The largest absolute Gasteiger partial charge is 0.392 e. The van der Waals surface area contributed by atoms with Gasteiger partial charge in [0.25, 0.3) is 0 Å². The van der Waals surface area contributed by atoms with Crippen LogP contribution in [0.1, 0.15) is 5.56 Å². The van der Waals surface area contributed by atoms with E-state index in [4.69, 9.17) is 5.11 Å². The maximum atomic E-state index is 12.4. The van der Waals surface area contributed by atoms with Crippen molar-refractivity contribution in [1.82, 2.24) is 8.61 Å². The minimum atomic E-state index is -3.63. The molecular weight excluding hydrogens is 316 g/mol. The lowest BCUT2D eigenvalue weighted by Gasteiger charge is -2.32. The van der Waals surface area contributed by atoms with Crippen molar-refractivity contribution < 1.29 is 21.9 Å². The number of piperazine rings is 1. The number of hydrogen-bond acceptors (Lipinski definition) is 5. The van der Waals surface area contributed by atoms with Crippen LogP contribution in [0.4, 0.5) is 0 Å². The van der Waals surface area contributed by atoms with Crippen molar-refractivity contribution in [2.75, 3.05) is 32.4 Å². The second-order valence-electron chi connectivity index (χ2n) is 4.87. The highest BCUT2D eigenvalue weighted by Gasteiger charge is 2.31. The fourth-order valence-corrected chi connectivity index (χ4v) is 4.41. The van der Waals surface area contributed by atoms with E-state index in [1.54, 1.807) is 12.1 Å². The van der Waals surface area contributed by atoms with Gasteiger partial charge in [-0.15, -0.1) is 0 Å². The lowest BCUT2D eigenvalue weighted by molar-refractivity contribution is 0.274. The lowest BCUT2D eigenvalue weighted by atomic mass is 10.2. The lowest BCUT2D eigenvalue weighted by Crippen LogP contribution is -2.50. The second kappa shape index (κ2) is 6.01. The molecule has 0 aromatic heterocycles. The summed E-state index contributed by atoms with van der Waals surface area (Å²) in [5.41, 5.74) is 0.635. The van der Waals surface area contributed by atoms with Gasteiger partial charge >= 0.3 is 0 Å². The summed E-state index contributed by atoms with van der Waals surface area (Å²) in [5, 5.41) is 8.96. The van der Waals surface area contributed by atoms with Crippen molar-refractivity contribution >= 4 is 20.0 Å². The first kappa shape index (κ1) is 16.4. The van der Waals surface area contributed by atoms with Crippen molar-refractivity contribution in [3.63, 3.8) is 0 Å². The Bertz CT molecular complexity index is 690. The zero-order chi connectivity index (χ0) is 15.7. The SMILES string of the molecule is CS(=O)(=O)N1CCN(S(=O)(=O)c2ccc(CO)cc2)CC1. The minimum Gasteiger partial charge on any atom is -0.392 e. The summed E-state index contributed by atoms with van der Waals surface area (Å²) in [7, 11) is -6.91. The molecule has 1 heterocycles. The average Bonchev–Trinajstić information content (AvgIpc) is 2.46. The Balaban J connectivity index is 2.14. The Hall–Kier alpha value is -1.00. The zero-order valence-electron chi connectivity index (χ0n) is 11.6. The van der Waals surface area contributed by atoms with Gasteiger partial charge in [0.15, 0.2) is 0 Å². The van der Waals surface area contributed by atoms with Crippen LogP contribution in [0.15, 0.2) is 29.2 Å². The molecule has 0 bridgehead atoms. The molecule has 1 N–H and O–H groups in total. The summed E-state index contributed by atoms with van der Waals surface area (Å²) >= 11 is 0. The third-order valence-electron chi connectivity index (χ3n) is 3.41. The summed E-state index contributed by atoms with van der Waals surface area (Å²) in [6.07, 6.45) is 1.12. The predicted octanol–water partition coefficient (Wildman–Crippen LogP) is -0.555. The molecule has 0 saturated carbocycles. The quantitative estimate of drug-likeness (QED) is 0.797. The van der Waals surface area contributed by atoms with Gasteiger partial charge in [0, 0.05) is 26.2 Å². The minimum absolute atomic E-state index is 0.136. The van der Waals surface area contributed by atoms with Crippen LogP contribution in [-0.2, 0) is 26.7 Å². The Morgan fingerprint density at radius 1 is 0.952 bits per heavy atom. The van der Waals surface area contributed by atoms with Crippen LogP contribution in [0.25, 0.3) is 0 Å². The van der Waals surface area contributed by atoms with Crippen LogP contribution in [0, 0.1) is 0 Å². The average molecular weight is 334 g/mol. The predicted molar refractivity (Wildman–Crippen MR) is 77.5 cm³/mol. The smallest absolute Gasteiger partial charge is 0.243 e. The molecule has 9 heteroatoms. The Morgan fingerprint density at radius 2 is 1.43 bits per heavy atom. The van der Waals surface area contributed by atoms with Gasteiger partial charge in [0.2, 0.25) is 20.0 Å². The van der Waals surface area contributed by atoms with E-state index in [0.29, 0.717) is 5.56 Å². The summed E-state index contributed by atoms with van der Waals surface area (Å²) < 4.78 is 50.3. The van der Waals surface area contributed by atoms with Gasteiger partial charge in [-0.05, 0) is 17.7 Å². The molecule has 7 nitrogen and oxygen atoms in total. The van der Waals surface area contributed by atoms with E-state index in [1.165, 1.54) is 20.7 Å². The number of nitrogens with zero attached hydrogens (tertiary/aromatic N) is 2. The summed E-state index contributed by atoms with van der Waals surface area (Å²) in [4.78, 5) is 0.146. The Kier molecular flexibility index (Phi) is 4.69. The molecule has 0 radical (unpaired) electrons. The molecule has 1 saturated heterocycles. The van der Waals surface area contributed by atoms with Gasteiger partial charge < -0.3 is 5.11 Å². The molecule has 21 heavy (non-hydrogen) atoms. The molecule has 0 atom stereocenters. The van der Waals surface area contributed by atoms with Crippen molar-refractivity contribution in [1.29, 1.82) is 0 Å². The van der Waals surface area contributed by atoms with Crippen molar-refractivity contribution in [2.24, 2.45) is 0 Å². The summed E-state index contributed by atoms with van der Waals surface area (Å²) in [6.45, 7) is 0.446. The van der Waals surface area contributed by atoms with Gasteiger partial charge in [0.05, 0.1) is 17.8 Å². The van der Waals surface area contributed by atoms with E-state index >= 15 is 0 Å². The van der Waals surface area contributed by atoms with E-state index in [2.05, 4.69) is 0 Å². The van der Waals surface area contributed by atoms with E-state index < -0.39 is 20.0 Å². The molecule has 1 aromatic carbocycles.